The second-order valence-electron chi connectivity index (χ2n) is 2.27. The molecule has 0 radical (unpaired) electrons. The Morgan fingerprint density at radius 1 is 1.55 bits per heavy atom. The van der Waals surface area contributed by atoms with Gasteiger partial charge in [-0.05, 0) is 13.3 Å². The summed E-state index contributed by atoms with van der Waals surface area (Å²) in [6, 6.07) is 0. The summed E-state index contributed by atoms with van der Waals surface area (Å²) in [5, 5.41) is 0. The fourth-order valence-electron chi connectivity index (χ4n) is 0.432. The summed E-state index contributed by atoms with van der Waals surface area (Å²) in [5.41, 5.74) is 0.469. The van der Waals surface area contributed by atoms with E-state index in [4.69, 9.17) is 4.74 Å². The van der Waals surface area contributed by atoms with E-state index < -0.39 is 0 Å². The molecule has 0 N–H and O–H groups in total. The van der Waals surface area contributed by atoms with E-state index >= 15 is 0 Å². The Bertz CT molecular complexity index is 128. The first kappa shape index (κ1) is 12.8. The number of carbonyl (C=O) groups is 1. The fourth-order valence-corrected chi connectivity index (χ4v) is 0.432. The molecule has 0 saturated carbocycles. The predicted octanol–water partition coefficient (Wildman–Crippen LogP) is 2.54. The molecule has 0 rings (SSSR count). The number of hydrogen-bond acceptors (Lipinski definition) is 2. The average Bonchev–Trinajstić information content (AvgIpc) is 1.88. The maximum absolute atomic E-state index is 10.7. The molecule has 66 valence electrons. The van der Waals surface area contributed by atoms with Gasteiger partial charge in [0.1, 0.15) is 0 Å². The van der Waals surface area contributed by atoms with Gasteiger partial charge in [0.2, 0.25) is 0 Å². The van der Waals surface area contributed by atoms with Gasteiger partial charge in [0.25, 0.3) is 0 Å². The zero-order valence-electron chi connectivity index (χ0n) is 6.64. The highest BCUT2D eigenvalue weighted by molar-refractivity contribution is 5.86. The number of carbonyl (C=O) groups excluding carboxylic acids is 1. The molecule has 0 spiro atoms. The lowest BCUT2D eigenvalue weighted by Gasteiger charge is -2.01. The quantitative estimate of drug-likeness (QED) is 0.357. The van der Waals surface area contributed by atoms with Crippen LogP contribution in [0.15, 0.2) is 12.2 Å². The van der Waals surface area contributed by atoms with Crippen LogP contribution in [0.25, 0.3) is 0 Å². The van der Waals surface area contributed by atoms with Crippen LogP contribution in [0.4, 0.5) is 0 Å². The molecular formula is C9H18O2. The third kappa shape index (κ3) is 7.10. The molecule has 0 fully saturated rings. The molecule has 0 saturated heterocycles. The van der Waals surface area contributed by atoms with Gasteiger partial charge in [-0.2, -0.15) is 0 Å². The van der Waals surface area contributed by atoms with Crippen LogP contribution >= 0.6 is 0 Å². The van der Waals surface area contributed by atoms with Crippen molar-refractivity contribution in [3.05, 3.63) is 12.2 Å². The van der Waals surface area contributed by atoms with Gasteiger partial charge >= 0.3 is 5.97 Å². The molecule has 2 nitrogen and oxygen atoms in total. The van der Waals surface area contributed by atoms with E-state index in [0.29, 0.717) is 12.2 Å². The normalized spacial score (nSPS) is 8.18. The predicted molar refractivity (Wildman–Crippen MR) is 47.4 cm³/mol. The second kappa shape index (κ2) is 7.32. The molecule has 0 heterocycles. The largest absolute Gasteiger partial charge is 0.462 e. The van der Waals surface area contributed by atoms with Crippen molar-refractivity contribution in [2.75, 3.05) is 6.61 Å². The minimum atomic E-state index is -0.284. The van der Waals surface area contributed by atoms with Crippen LogP contribution in [0.5, 0.6) is 0 Å². The average molecular weight is 158 g/mol. The zero-order valence-corrected chi connectivity index (χ0v) is 6.64. The van der Waals surface area contributed by atoms with Crippen molar-refractivity contribution in [2.45, 2.75) is 34.1 Å². The molecular weight excluding hydrogens is 140 g/mol. The van der Waals surface area contributed by atoms with Crippen molar-refractivity contribution in [1.82, 2.24) is 0 Å². The molecule has 0 bridgehead atoms. The van der Waals surface area contributed by atoms with E-state index in [-0.39, 0.29) is 13.4 Å². The van der Waals surface area contributed by atoms with E-state index in [2.05, 4.69) is 13.5 Å². The standard InChI is InChI=1S/C8H14O2.CH4/c1-4-5-6-10-8(9)7(2)3;/h2,4-6H2,1,3H3;1H4. The Labute approximate surface area is 69.3 Å². The molecule has 2 heteroatoms. The van der Waals surface area contributed by atoms with Gasteiger partial charge in [-0.25, -0.2) is 4.79 Å². The van der Waals surface area contributed by atoms with Crippen LogP contribution in [0, 0.1) is 0 Å². The topological polar surface area (TPSA) is 26.3 Å². The van der Waals surface area contributed by atoms with E-state index in [1.54, 1.807) is 6.92 Å². The van der Waals surface area contributed by atoms with Crippen LogP contribution in [0.1, 0.15) is 34.1 Å². The monoisotopic (exact) mass is 158 g/mol. The summed E-state index contributed by atoms with van der Waals surface area (Å²) in [4.78, 5) is 10.7. The lowest BCUT2D eigenvalue weighted by Crippen LogP contribution is -2.05. The SMILES string of the molecule is C.C=C(C)C(=O)OCCCC. The molecule has 0 aliphatic rings. The van der Waals surface area contributed by atoms with Gasteiger partial charge in [-0.15, -0.1) is 0 Å². The Balaban J connectivity index is 0. The van der Waals surface area contributed by atoms with E-state index in [9.17, 15) is 4.79 Å². The third-order valence-corrected chi connectivity index (χ3v) is 1.08. The third-order valence-electron chi connectivity index (χ3n) is 1.08. The van der Waals surface area contributed by atoms with E-state index in [1.807, 2.05) is 0 Å². The van der Waals surface area contributed by atoms with Crippen molar-refractivity contribution in [1.29, 1.82) is 0 Å². The number of esters is 1. The van der Waals surface area contributed by atoms with Gasteiger partial charge in [-0.3, -0.25) is 0 Å². The Hall–Kier alpha value is -0.790. The van der Waals surface area contributed by atoms with Crippen LogP contribution in [-0.4, -0.2) is 12.6 Å². The van der Waals surface area contributed by atoms with Crippen molar-refractivity contribution in [2.24, 2.45) is 0 Å². The van der Waals surface area contributed by atoms with E-state index in [1.165, 1.54) is 0 Å². The summed E-state index contributed by atoms with van der Waals surface area (Å²) < 4.78 is 4.81. The van der Waals surface area contributed by atoms with Crippen LogP contribution in [0.3, 0.4) is 0 Å². The number of unbranched alkanes of at least 4 members (excludes halogenated alkanes) is 1. The van der Waals surface area contributed by atoms with Gasteiger partial charge < -0.3 is 4.74 Å². The summed E-state index contributed by atoms with van der Waals surface area (Å²) in [6.07, 6.45) is 1.97. The Morgan fingerprint density at radius 2 is 2.09 bits per heavy atom. The Morgan fingerprint density at radius 3 is 2.45 bits per heavy atom. The second-order valence-corrected chi connectivity index (χ2v) is 2.27. The Kier molecular flexibility index (Phi) is 8.55. The molecule has 11 heavy (non-hydrogen) atoms. The molecule has 0 aromatic carbocycles. The summed E-state index contributed by atoms with van der Waals surface area (Å²) in [7, 11) is 0. The molecule has 0 unspecified atom stereocenters. The number of hydrogen-bond donors (Lipinski definition) is 0. The smallest absolute Gasteiger partial charge is 0.333 e. The first-order chi connectivity index (χ1) is 4.68. The minimum absolute atomic E-state index is 0. The highest BCUT2D eigenvalue weighted by atomic mass is 16.5. The van der Waals surface area contributed by atoms with Crippen LogP contribution in [0.2, 0.25) is 0 Å². The molecule has 0 aliphatic carbocycles. The zero-order chi connectivity index (χ0) is 7.98. The van der Waals surface area contributed by atoms with Crippen molar-refractivity contribution >= 4 is 5.97 Å². The summed E-state index contributed by atoms with van der Waals surface area (Å²) in [5.74, 6) is -0.284. The van der Waals surface area contributed by atoms with Gasteiger partial charge in [0.05, 0.1) is 6.61 Å². The minimum Gasteiger partial charge on any atom is -0.462 e. The fraction of sp³-hybridized carbons (Fsp3) is 0.667. The number of ether oxygens (including phenoxy) is 1. The van der Waals surface area contributed by atoms with Crippen molar-refractivity contribution in [3.63, 3.8) is 0 Å². The van der Waals surface area contributed by atoms with Crippen molar-refractivity contribution < 1.29 is 9.53 Å². The van der Waals surface area contributed by atoms with Gasteiger partial charge in [-0.1, -0.05) is 27.4 Å². The first-order valence-electron chi connectivity index (χ1n) is 3.51. The molecule has 0 aromatic rings. The molecule has 0 aromatic heterocycles. The van der Waals surface area contributed by atoms with Crippen LogP contribution in [-0.2, 0) is 9.53 Å². The molecule has 0 atom stereocenters. The maximum atomic E-state index is 10.7. The highest BCUT2D eigenvalue weighted by Crippen LogP contribution is 1.94. The van der Waals surface area contributed by atoms with Crippen molar-refractivity contribution in [3.8, 4) is 0 Å². The molecule has 0 amide bonds. The summed E-state index contributed by atoms with van der Waals surface area (Å²) in [6.45, 7) is 7.67. The maximum Gasteiger partial charge on any atom is 0.333 e. The lowest BCUT2D eigenvalue weighted by atomic mass is 10.3. The number of rotatable bonds is 4. The van der Waals surface area contributed by atoms with Gasteiger partial charge in [0.15, 0.2) is 0 Å². The highest BCUT2D eigenvalue weighted by Gasteiger charge is 2.00. The van der Waals surface area contributed by atoms with E-state index in [0.717, 1.165) is 12.8 Å². The van der Waals surface area contributed by atoms with Crippen LogP contribution < -0.4 is 0 Å². The molecule has 0 aliphatic heterocycles. The first-order valence-corrected chi connectivity index (χ1v) is 3.51. The summed E-state index contributed by atoms with van der Waals surface area (Å²) >= 11 is 0. The lowest BCUT2D eigenvalue weighted by molar-refractivity contribution is -0.139. The van der Waals surface area contributed by atoms with Gasteiger partial charge in [0, 0.05) is 5.57 Å².